The number of carbonyl (C=O) groups is 2. The van der Waals surface area contributed by atoms with Crippen LogP contribution in [-0.2, 0) is 14.3 Å². The number of rotatable bonds is 10. The average molecular weight is 548 g/mol. The second-order valence-electron chi connectivity index (χ2n) is 7.42. The highest BCUT2D eigenvalue weighted by atomic mass is 79.9. The van der Waals surface area contributed by atoms with Gasteiger partial charge in [-0.1, -0.05) is 35.9 Å². The fourth-order valence-electron chi connectivity index (χ4n) is 2.90. The van der Waals surface area contributed by atoms with Crippen molar-refractivity contribution in [1.82, 2.24) is 25.3 Å². The second kappa shape index (κ2) is 19.1. The summed E-state index contributed by atoms with van der Waals surface area (Å²) in [5.74, 6) is -0.159. The Balaban J connectivity index is 0.00000529. The van der Waals surface area contributed by atoms with Gasteiger partial charge in [-0.05, 0) is 33.2 Å². The number of nitrogens with zero attached hydrogens (tertiary/aromatic N) is 4. The molecule has 0 bridgehead atoms. The van der Waals surface area contributed by atoms with Crippen LogP contribution >= 0.6 is 15.9 Å². The third-order valence-corrected chi connectivity index (χ3v) is 5.14. The van der Waals surface area contributed by atoms with E-state index in [0.29, 0.717) is 51.9 Å². The van der Waals surface area contributed by atoms with E-state index in [2.05, 4.69) is 36.5 Å². The lowest BCUT2D eigenvalue weighted by Gasteiger charge is -2.36. The molecular formula is C23H43BrN6O4. The van der Waals surface area contributed by atoms with E-state index < -0.39 is 6.04 Å². The molecule has 0 aromatic carbocycles. The van der Waals surface area contributed by atoms with Crippen molar-refractivity contribution in [1.29, 1.82) is 0 Å². The fourth-order valence-corrected chi connectivity index (χ4v) is 3.08. The van der Waals surface area contributed by atoms with Gasteiger partial charge < -0.3 is 34.8 Å². The third kappa shape index (κ3) is 12.8. The minimum Gasteiger partial charge on any atom is -0.469 e. The van der Waals surface area contributed by atoms with Crippen LogP contribution in [0.4, 0.5) is 4.79 Å². The van der Waals surface area contributed by atoms with E-state index in [9.17, 15) is 9.59 Å². The van der Waals surface area contributed by atoms with Gasteiger partial charge in [-0.15, -0.1) is 0 Å². The molecule has 1 aliphatic rings. The molecule has 1 saturated heterocycles. The lowest BCUT2D eigenvalue weighted by Crippen LogP contribution is -2.48. The molecule has 0 spiro atoms. The van der Waals surface area contributed by atoms with E-state index in [-0.39, 0.29) is 12.0 Å². The minimum atomic E-state index is -0.481. The molecule has 34 heavy (non-hydrogen) atoms. The number of hydrogen-bond donors (Lipinski definition) is 2. The first-order chi connectivity index (χ1) is 16.3. The quantitative estimate of drug-likeness (QED) is 0.187. The summed E-state index contributed by atoms with van der Waals surface area (Å²) in [5.41, 5.74) is 0.999. The van der Waals surface area contributed by atoms with Crippen LogP contribution in [0.15, 0.2) is 28.9 Å². The van der Waals surface area contributed by atoms with Gasteiger partial charge in [-0.2, -0.15) is 0 Å². The molecule has 10 nitrogen and oxygen atoms in total. The van der Waals surface area contributed by atoms with E-state index in [0.717, 1.165) is 11.0 Å². The van der Waals surface area contributed by atoms with Crippen LogP contribution < -0.4 is 10.6 Å². The molecule has 2 amide bonds. The standard InChI is InChI=1S/C21H37BrN6O4.C2H6/c1-17(25-20(23-2)31-5)19(29)24-10-8-18(7-6-9-22)27-11-13-28(14-12-27)21(30)32-16-15-26(3)4;1-2/h6-8,17H,9-16H2,1-5H3,(H,23,25)(H,24,29);1-2H3/b7-6-,18-8+;. The summed E-state index contributed by atoms with van der Waals surface area (Å²) < 4.78 is 10.4. The number of aliphatic imine (C=N–C) groups is 1. The predicted molar refractivity (Wildman–Crippen MR) is 141 cm³/mol. The third-order valence-electron chi connectivity index (χ3n) is 4.76. The molecule has 0 aromatic heterocycles. The largest absolute Gasteiger partial charge is 0.469 e. The Morgan fingerprint density at radius 3 is 2.32 bits per heavy atom. The number of piperazine rings is 1. The zero-order chi connectivity index (χ0) is 25.9. The van der Waals surface area contributed by atoms with Crippen molar-refractivity contribution in [2.45, 2.75) is 26.8 Å². The molecule has 1 unspecified atom stereocenters. The first-order valence-electron chi connectivity index (χ1n) is 11.6. The first-order valence-corrected chi connectivity index (χ1v) is 12.7. The number of methoxy groups -OCH3 is 1. The summed E-state index contributed by atoms with van der Waals surface area (Å²) in [4.78, 5) is 34.3. The van der Waals surface area contributed by atoms with Gasteiger partial charge in [0, 0.05) is 57.3 Å². The van der Waals surface area contributed by atoms with Crippen molar-refractivity contribution >= 4 is 34.0 Å². The summed E-state index contributed by atoms with van der Waals surface area (Å²) >= 11 is 3.41. The summed E-state index contributed by atoms with van der Waals surface area (Å²) in [5, 5.41) is 6.52. The van der Waals surface area contributed by atoms with Crippen LogP contribution in [0, 0.1) is 0 Å². The van der Waals surface area contributed by atoms with Crippen LogP contribution in [0.2, 0.25) is 0 Å². The van der Waals surface area contributed by atoms with Crippen molar-refractivity contribution in [3.8, 4) is 0 Å². The summed E-state index contributed by atoms with van der Waals surface area (Å²) in [6, 6.07) is -0.173. The van der Waals surface area contributed by atoms with E-state index in [1.807, 2.05) is 51.1 Å². The van der Waals surface area contributed by atoms with Crippen LogP contribution in [0.3, 0.4) is 0 Å². The molecule has 1 heterocycles. The summed E-state index contributed by atoms with van der Waals surface area (Å²) in [6.45, 7) is 9.76. The molecule has 0 aliphatic carbocycles. The van der Waals surface area contributed by atoms with Crippen LogP contribution in [-0.4, -0.2) is 118 Å². The van der Waals surface area contributed by atoms with Gasteiger partial charge >= 0.3 is 6.09 Å². The Morgan fingerprint density at radius 2 is 1.79 bits per heavy atom. The highest BCUT2D eigenvalue weighted by Gasteiger charge is 2.23. The van der Waals surface area contributed by atoms with Gasteiger partial charge in [0.25, 0.3) is 6.02 Å². The van der Waals surface area contributed by atoms with Gasteiger partial charge in [0.15, 0.2) is 0 Å². The number of amidine groups is 1. The second-order valence-corrected chi connectivity index (χ2v) is 8.07. The zero-order valence-corrected chi connectivity index (χ0v) is 23.4. The number of alkyl halides is 1. The van der Waals surface area contributed by atoms with E-state index in [1.165, 1.54) is 7.11 Å². The topological polar surface area (TPSA) is 98.7 Å². The highest BCUT2D eigenvalue weighted by Crippen LogP contribution is 2.12. The number of carbonyl (C=O) groups excluding carboxylic acids is 2. The van der Waals surface area contributed by atoms with Gasteiger partial charge in [0.2, 0.25) is 5.91 Å². The SMILES string of the molecule is CC.CN=C(NC(C)C(=O)NC/C=C(\C=C/CBr)N1CCN(C(=O)OCCN(C)C)CC1)OC. The van der Waals surface area contributed by atoms with Crippen LogP contribution in [0.25, 0.3) is 0 Å². The Bertz CT molecular complexity index is 676. The number of nitrogens with one attached hydrogen (secondary N) is 2. The normalized spacial score (nSPS) is 15.6. The lowest BCUT2D eigenvalue weighted by atomic mass is 10.2. The predicted octanol–water partition coefficient (Wildman–Crippen LogP) is 1.89. The van der Waals surface area contributed by atoms with E-state index in [1.54, 1.807) is 18.9 Å². The Kier molecular flexibility index (Phi) is 17.8. The Morgan fingerprint density at radius 1 is 1.18 bits per heavy atom. The summed E-state index contributed by atoms with van der Waals surface area (Å²) in [6.07, 6.45) is 5.72. The van der Waals surface area contributed by atoms with E-state index in [4.69, 9.17) is 9.47 Å². The lowest BCUT2D eigenvalue weighted by molar-refractivity contribution is -0.122. The van der Waals surface area contributed by atoms with Gasteiger partial charge in [-0.3, -0.25) is 4.79 Å². The molecule has 1 aliphatic heterocycles. The van der Waals surface area contributed by atoms with Gasteiger partial charge in [-0.25, -0.2) is 9.79 Å². The van der Waals surface area contributed by atoms with Crippen LogP contribution in [0.5, 0.6) is 0 Å². The molecule has 1 fully saturated rings. The summed E-state index contributed by atoms with van der Waals surface area (Å²) in [7, 11) is 6.97. The zero-order valence-electron chi connectivity index (χ0n) is 21.8. The number of amides is 2. The van der Waals surface area contributed by atoms with Crippen molar-refractivity contribution in [3.05, 3.63) is 23.9 Å². The number of ether oxygens (including phenoxy) is 2. The number of allylic oxidation sites excluding steroid dienone is 2. The average Bonchev–Trinajstić information content (AvgIpc) is 2.85. The Labute approximate surface area is 213 Å². The number of halogens is 1. The van der Waals surface area contributed by atoms with Crippen LogP contribution in [0.1, 0.15) is 20.8 Å². The minimum absolute atomic E-state index is 0.159. The molecule has 1 atom stereocenters. The molecule has 0 radical (unpaired) electrons. The molecular weight excluding hydrogens is 504 g/mol. The molecule has 2 N–H and O–H groups in total. The molecule has 1 rings (SSSR count). The number of likely N-dealkylation sites (N-methyl/N-ethyl adjacent to an activating group) is 1. The van der Waals surface area contributed by atoms with Crippen molar-refractivity contribution in [3.63, 3.8) is 0 Å². The van der Waals surface area contributed by atoms with E-state index >= 15 is 0 Å². The van der Waals surface area contributed by atoms with Crippen molar-refractivity contribution in [2.75, 3.05) is 79.5 Å². The Hall–Kier alpha value is -2.27. The molecule has 0 saturated carbocycles. The van der Waals surface area contributed by atoms with Crippen molar-refractivity contribution in [2.24, 2.45) is 4.99 Å². The number of hydrogen-bond acceptors (Lipinski definition) is 7. The first kappa shape index (κ1) is 31.7. The monoisotopic (exact) mass is 546 g/mol. The maximum atomic E-state index is 12.3. The highest BCUT2D eigenvalue weighted by molar-refractivity contribution is 9.09. The van der Waals surface area contributed by atoms with Gasteiger partial charge in [0.05, 0.1) is 7.11 Å². The molecule has 196 valence electrons. The van der Waals surface area contributed by atoms with Gasteiger partial charge in [0.1, 0.15) is 12.6 Å². The molecule has 0 aromatic rings. The molecule has 11 heteroatoms. The van der Waals surface area contributed by atoms with Crippen molar-refractivity contribution < 1.29 is 19.1 Å². The maximum Gasteiger partial charge on any atom is 0.409 e. The smallest absolute Gasteiger partial charge is 0.409 e. The fraction of sp³-hybridized carbons (Fsp3) is 0.696. The maximum absolute atomic E-state index is 12.3.